The number of halogens is 2. The van der Waals surface area contributed by atoms with Crippen LogP contribution in [0.15, 0.2) is 42.5 Å². The molecule has 0 saturated carbocycles. The van der Waals surface area contributed by atoms with Crippen LogP contribution in [-0.4, -0.2) is 12.2 Å². The number of benzene rings is 2. The molecule has 0 spiro atoms. The quantitative estimate of drug-likeness (QED) is 0.886. The van der Waals surface area contributed by atoms with E-state index in [4.69, 9.17) is 23.2 Å². The molecule has 0 amide bonds. The predicted molar refractivity (Wildman–Crippen MR) is 85.6 cm³/mol. The van der Waals surface area contributed by atoms with Crippen LogP contribution in [0, 0.1) is 0 Å². The Morgan fingerprint density at radius 2 is 1.80 bits per heavy atom. The summed E-state index contributed by atoms with van der Waals surface area (Å²) in [5, 5.41) is 10.9. The molecule has 4 heteroatoms. The highest BCUT2D eigenvalue weighted by Gasteiger charge is 2.10. The molecule has 0 bridgehead atoms. The first kappa shape index (κ1) is 15.2. The van der Waals surface area contributed by atoms with Crippen LogP contribution in [0.4, 0.5) is 5.69 Å². The van der Waals surface area contributed by atoms with E-state index in [2.05, 4.69) is 0 Å². The molecular formula is C16H17Cl2NO. The molecule has 0 fully saturated rings. The van der Waals surface area contributed by atoms with Crippen LogP contribution in [-0.2, 0) is 6.54 Å². The van der Waals surface area contributed by atoms with Crippen molar-refractivity contribution in [3.05, 3.63) is 63.6 Å². The Morgan fingerprint density at radius 3 is 2.40 bits per heavy atom. The summed E-state index contributed by atoms with van der Waals surface area (Å²) in [5.41, 5.74) is 2.77. The number of anilines is 1. The maximum absolute atomic E-state index is 9.56. The first-order valence-electron chi connectivity index (χ1n) is 6.41. The Morgan fingerprint density at radius 1 is 1.10 bits per heavy atom. The molecular weight excluding hydrogens is 293 g/mol. The molecule has 2 aromatic carbocycles. The molecule has 1 unspecified atom stereocenters. The van der Waals surface area contributed by atoms with E-state index in [0.29, 0.717) is 11.6 Å². The van der Waals surface area contributed by atoms with Gasteiger partial charge in [0.15, 0.2) is 0 Å². The lowest BCUT2D eigenvalue weighted by molar-refractivity contribution is 0.199. The van der Waals surface area contributed by atoms with Crippen LogP contribution in [0.25, 0.3) is 0 Å². The lowest BCUT2D eigenvalue weighted by Crippen LogP contribution is -2.17. The minimum absolute atomic E-state index is 0.518. The second-order valence-corrected chi connectivity index (χ2v) is 5.65. The average molecular weight is 310 g/mol. The molecule has 1 atom stereocenters. The molecule has 0 aliphatic rings. The standard InChI is InChI=1S/C16H17Cl2NO/c1-11(20)12-7-8-16(15(18)9-12)19(2)10-13-5-3-4-6-14(13)17/h3-9,11,20H,10H2,1-2H3. The van der Waals surface area contributed by atoms with Gasteiger partial charge in [-0.1, -0.05) is 47.5 Å². The summed E-state index contributed by atoms with van der Waals surface area (Å²) in [6.45, 7) is 2.40. The van der Waals surface area contributed by atoms with Crippen LogP contribution in [0.5, 0.6) is 0 Å². The fourth-order valence-electron chi connectivity index (χ4n) is 2.06. The molecule has 0 heterocycles. The van der Waals surface area contributed by atoms with Gasteiger partial charge in [0.05, 0.1) is 16.8 Å². The van der Waals surface area contributed by atoms with Crippen molar-refractivity contribution in [1.29, 1.82) is 0 Å². The lowest BCUT2D eigenvalue weighted by Gasteiger charge is -2.22. The van der Waals surface area contributed by atoms with Gasteiger partial charge >= 0.3 is 0 Å². The molecule has 106 valence electrons. The molecule has 0 aromatic heterocycles. The Labute approximate surface area is 129 Å². The first-order valence-corrected chi connectivity index (χ1v) is 7.16. The molecule has 0 saturated heterocycles. The molecule has 2 rings (SSSR count). The SMILES string of the molecule is CC(O)c1ccc(N(C)Cc2ccccc2Cl)c(Cl)c1. The van der Waals surface area contributed by atoms with E-state index in [9.17, 15) is 5.11 Å². The number of nitrogens with zero attached hydrogens (tertiary/aromatic N) is 1. The maximum atomic E-state index is 9.56. The third kappa shape index (κ3) is 3.45. The van der Waals surface area contributed by atoms with E-state index >= 15 is 0 Å². The van der Waals surface area contributed by atoms with Crippen molar-refractivity contribution in [1.82, 2.24) is 0 Å². The molecule has 1 N–H and O–H groups in total. The molecule has 0 aliphatic carbocycles. The van der Waals surface area contributed by atoms with Gasteiger partial charge in [0.25, 0.3) is 0 Å². The molecule has 2 aromatic rings. The van der Waals surface area contributed by atoms with Gasteiger partial charge in [-0.05, 0) is 36.2 Å². The second-order valence-electron chi connectivity index (χ2n) is 4.83. The number of aliphatic hydroxyl groups is 1. The van der Waals surface area contributed by atoms with E-state index in [0.717, 1.165) is 21.8 Å². The summed E-state index contributed by atoms with van der Waals surface area (Å²) in [4.78, 5) is 2.04. The monoisotopic (exact) mass is 309 g/mol. The van der Waals surface area contributed by atoms with Gasteiger partial charge in [-0.2, -0.15) is 0 Å². The van der Waals surface area contributed by atoms with Crippen LogP contribution in [0.1, 0.15) is 24.2 Å². The predicted octanol–water partition coefficient (Wildman–Crippen LogP) is 4.68. The molecule has 0 aliphatic heterocycles. The summed E-state index contributed by atoms with van der Waals surface area (Å²) in [5.74, 6) is 0. The molecule has 0 radical (unpaired) electrons. The maximum Gasteiger partial charge on any atom is 0.0762 e. The highest BCUT2D eigenvalue weighted by Crippen LogP contribution is 2.30. The Hall–Kier alpha value is -1.22. The van der Waals surface area contributed by atoms with Crippen molar-refractivity contribution < 1.29 is 5.11 Å². The van der Waals surface area contributed by atoms with Crippen molar-refractivity contribution in [3.8, 4) is 0 Å². The topological polar surface area (TPSA) is 23.5 Å². The van der Waals surface area contributed by atoms with Gasteiger partial charge < -0.3 is 10.0 Å². The van der Waals surface area contributed by atoms with Crippen LogP contribution < -0.4 is 4.90 Å². The van der Waals surface area contributed by atoms with Gasteiger partial charge in [-0.3, -0.25) is 0 Å². The summed E-state index contributed by atoms with van der Waals surface area (Å²) >= 11 is 12.5. The largest absolute Gasteiger partial charge is 0.389 e. The van der Waals surface area contributed by atoms with Crippen LogP contribution in [0.2, 0.25) is 10.0 Å². The smallest absolute Gasteiger partial charge is 0.0762 e. The Bertz CT molecular complexity index is 599. The average Bonchev–Trinajstić information content (AvgIpc) is 2.41. The van der Waals surface area contributed by atoms with Gasteiger partial charge in [0, 0.05) is 18.6 Å². The number of hydrogen-bond acceptors (Lipinski definition) is 2. The lowest BCUT2D eigenvalue weighted by atomic mass is 10.1. The van der Waals surface area contributed by atoms with E-state index < -0.39 is 6.10 Å². The normalized spacial score (nSPS) is 12.2. The summed E-state index contributed by atoms with van der Waals surface area (Å²) < 4.78 is 0. The minimum Gasteiger partial charge on any atom is -0.389 e. The Kier molecular flexibility index (Phi) is 4.92. The molecule has 2 nitrogen and oxygen atoms in total. The number of hydrogen-bond donors (Lipinski definition) is 1. The zero-order valence-corrected chi connectivity index (χ0v) is 13.0. The van der Waals surface area contributed by atoms with E-state index in [-0.39, 0.29) is 0 Å². The fraction of sp³-hybridized carbons (Fsp3) is 0.250. The van der Waals surface area contributed by atoms with Gasteiger partial charge in [0.1, 0.15) is 0 Å². The van der Waals surface area contributed by atoms with Crippen molar-refractivity contribution in [2.75, 3.05) is 11.9 Å². The zero-order chi connectivity index (χ0) is 14.7. The fourth-order valence-corrected chi connectivity index (χ4v) is 2.59. The van der Waals surface area contributed by atoms with Crippen molar-refractivity contribution in [2.45, 2.75) is 19.6 Å². The van der Waals surface area contributed by atoms with E-state index in [1.165, 1.54) is 0 Å². The minimum atomic E-state index is -0.518. The van der Waals surface area contributed by atoms with Gasteiger partial charge in [-0.15, -0.1) is 0 Å². The van der Waals surface area contributed by atoms with Crippen LogP contribution >= 0.6 is 23.2 Å². The highest BCUT2D eigenvalue weighted by molar-refractivity contribution is 6.33. The van der Waals surface area contributed by atoms with E-state index in [1.54, 1.807) is 13.0 Å². The second kappa shape index (κ2) is 6.49. The van der Waals surface area contributed by atoms with Gasteiger partial charge in [-0.25, -0.2) is 0 Å². The van der Waals surface area contributed by atoms with Gasteiger partial charge in [0.2, 0.25) is 0 Å². The first-order chi connectivity index (χ1) is 9.49. The molecule has 20 heavy (non-hydrogen) atoms. The highest BCUT2D eigenvalue weighted by atomic mass is 35.5. The number of rotatable bonds is 4. The zero-order valence-electron chi connectivity index (χ0n) is 11.5. The van der Waals surface area contributed by atoms with Crippen molar-refractivity contribution >= 4 is 28.9 Å². The summed E-state index contributed by atoms with van der Waals surface area (Å²) in [6, 6.07) is 13.4. The summed E-state index contributed by atoms with van der Waals surface area (Å²) in [6.07, 6.45) is -0.518. The van der Waals surface area contributed by atoms with Crippen molar-refractivity contribution in [2.24, 2.45) is 0 Å². The van der Waals surface area contributed by atoms with Crippen molar-refractivity contribution in [3.63, 3.8) is 0 Å². The number of aliphatic hydroxyl groups excluding tert-OH is 1. The third-order valence-electron chi connectivity index (χ3n) is 3.23. The van der Waals surface area contributed by atoms with Crippen LogP contribution in [0.3, 0.4) is 0 Å². The van der Waals surface area contributed by atoms with E-state index in [1.807, 2.05) is 48.3 Å². The Balaban J connectivity index is 2.21. The third-order valence-corrected chi connectivity index (χ3v) is 3.90. The summed E-state index contributed by atoms with van der Waals surface area (Å²) in [7, 11) is 1.96.